The Morgan fingerprint density at radius 1 is 1.08 bits per heavy atom. The normalized spacial score (nSPS) is 16.8. The fourth-order valence-corrected chi connectivity index (χ4v) is 2.38. The van der Waals surface area contributed by atoms with Gasteiger partial charge in [0.1, 0.15) is 0 Å². The molecule has 0 atom stereocenters. The molecule has 0 saturated carbocycles. The van der Waals surface area contributed by atoms with Crippen molar-refractivity contribution in [3.05, 3.63) is 59.2 Å². The van der Waals surface area contributed by atoms with Gasteiger partial charge in [-0.1, -0.05) is 12.1 Å². The van der Waals surface area contributed by atoms with Crippen LogP contribution in [0, 0.1) is 0 Å². The first-order valence-corrected chi connectivity index (χ1v) is 7.23. The highest BCUT2D eigenvalue weighted by atomic mass is 19.3. The molecule has 2 aromatic rings. The largest absolute Gasteiger partial charge is 0.586 e. The average Bonchev–Trinajstić information content (AvgIpc) is 2.94. The number of nitrogens with zero attached hydrogens (tertiary/aromatic N) is 2. The lowest BCUT2D eigenvalue weighted by molar-refractivity contribution is -0.286. The van der Waals surface area contributed by atoms with Gasteiger partial charge in [0.2, 0.25) is 0 Å². The van der Waals surface area contributed by atoms with Crippen LogP contribution in [-0.2, 0) is 4.84 Å². The van der Waals surface area contributed by atoms with Crippen molar-refractivity contribution >= 4 is 17.7 Å². The molecule has 26 heavy (non-hydrogen) atoms. The molecule has 0 unspecified atom stereocenters. The minimum atomic E-state index is -3.72. The molecule has 0 aliphatic carbocycles. The summed E-state index contributed by atoms with van der Waals surface area (Å²) in [6.07, 6.45) is -3.72. The molecule has 2 aliphatic rings. The Morgan fingerprint density at radius 2 is 1.88 bits per heavy atom. The summed E-state index contributed by atoms with van der Waals surface area (Å²) in [5.41, 5.74) is 3.14. The Labute approximate surface area is 144 Å². The lowest BCUT2D eigenvalue weighted by Gasteiger charge is -2.14. The summed E-state index contributed by atoms with van der Waals surface area (Å²) in [6.45, 7) is 0. The van der Waals surface area contributed by atoms with Crippen molar-refractivity contribution in [1.29, 1.82) is 0 Å². The standard InChI is InChI=1S/C16H9F2N3O5/c17-16(18)24-11-5-4-9(7-12(11)25-16)14-19-13(20-21-26-14)8-2-1-3-10(6-8)15(22)23/h1-7,21H,(H,22,23). The molecule has 2 N–H and O–H groups in total. The Morgan fingerprint density at radius 3 is 2.69 bits per heavy atom. The summed E-state index contributed by atoms with van der Waals surface area (Å²) in [5.74, 6) is -1.15. The number of aliphatic imine (C=N–C) groups is 1. The quantitative estimate of drug-likeness (QED) is 0.870. The van der Waals surface area contributed by atoms with E-state index in [4.69, 9.17) is 9.94 Å². The third-order valence-corrected chi connectivity index (χ3v) is 3.52. The van der Waals surface area contributed by atoms with Crippen molar-refractivity contribution in [3.8, 4) is 11.5 Å². The van der Waals surface area contributed by atoms with Gasteiger partial charge in [-0.15, -0.1) is 19.5 Å². The molecule has 0 fully saturated rings. The molecule has 0 spiro atoms. The third-order valence-electron chi connectivity index (χ3n) is 3.52. The number of ether oxygens (including phenoxy) is 2. The van der Waals surface area contributed by atoms with Gasteiger partial charge >= 0.3 is 12.3 Å². The van der Waals surface area contributed by atoms with Crippen molar-refractivity contribution in [2.75, 3.05) is 0 Å². The Kier molecular flexibility index (Phi) is 3.46. The maximum Gasteiger partial charge on any atom is 0.586 e. The molecular formula is C16H9F2N3O5. The lowest BCUT2D eigenvalue weighted by Crippen LogP contribution is -2.26. The zero-order chi connectivity index (χ0) is 18.3. The van der Waals surface area contributed by atoms with Gasteiger partial charge in [-0.3, -0.25) is 0 Å². The molecule has 2 heterocycles. The summed E-state index contributed by atoms with van der Waals surface area (Å²) < 4.78 is 35.0. The Balaban J connectivity index is 1.66. The van der Waals surface area contributed by atoms with E-state index in [1.54, 1.807) is 12.1 Å². The number of carboxylic acid groups (broad SMARTS) is 1. The van der Waals surface area contributed by atoms with Crippen molar-refractivity contribution in [2.24, 2.45) is 10.1 Å². The number of hydrazone groups is 1. The van der Waals surface area contributed by atoms with Gasteiger partial charge in [-0.2, -0.15) is 4.99 Å². The van der Waals surface area contributed by atoms with E-state index in [1.807, 2.05) is 0 Å². The van der Waals surface area contributed by atoms with Crippen LogP contribution in [0.1, 0.15) is 21.5 Å². The number of alkyl halides is 2. The van der Waals surface area contributed by atoms with Crippen LogP contribution < -0.4 is 15.1 Å². The predicted molar refractivity (Wildman–Crippen MR) is 83.3 cm³/mol. The van der Waals surface area contributed by atoms with E-state index in [0.717, 1.165) is 0 Å². The van der Waals surface area contributed by atoms with Crippen LogP contribution in [0.3, 0.4) is 0 Å². The number of fused-ring (bicyclic) bond motifs is 1. The van der Waals surface area contributed by atoms with Crippen LogP contribution in [-0.4, -0.2) is 29.1 Å². The molecule has 2 aliphatic heterocycles. The predicted octanol–water partition coefficient (Wildman–Crippen LogP) is 2.35. The second kappa shape index (κ2) is 5.69. The molecule has 4 rings (SSSR count). The fraction of sp³-hybridized carbons (Fsp3) is 0.0625. The molecule has 10 heteroatoms. The van der Waals surface area contributed by atoms with Gasteiger partial charge in [-0.05, 0) is 30.3 Å². The average molecular weight is 361 g/mol. The van der Waals surface area contributed by atoms with Crippen LogP contribution in [0.4, 0.5) is 8.78 Å². The number of nitrogens with one attached hydrogen (secondary N) is 1. The van der Waals surface area contributed by atoms with Crippen molar-refractivity contribution in [3.63, 3.8) is 0 Å². The topological polar surface area (TPSA) is 102 Å². The van der Waals surface area contributed by atoms with E-state index < -0.39 is 12.3 Å². The second-order valence-electron chi connectivity index (χ2n) is 5.26. The Hall–Kier alpha value is -3.69. The number of rotatable bonds is 3. The van der Waals surface area contributed by atoms with Gasteiger partial charge in [0.25, 0.3) is 5.90 Å². The van der Waals surface area contributed by atoms with E-state index in [2.05, 4.69) is 25.2 Å². The number of halogens is 2. The molecule has 0 bridgehead atoms. The Bertz CT molecular complexity index is 974. The molecule has 0 radical (unpaired) electrons. The summed E-state index contributed by atoms with van der Waals surface area (Å²) >= 11 is 0. The summed E-state index contributed by atoms with van der Waals surface area (Å²) in [4.78, 5) is 20.4. The summed E-state index contributed by atoms with van der Waals surface area (Å²) in [6, 6.07) is 10.0. The summed E-state index contributed by atoms with van der Waals surface area (Å²) in [5, 5.41) is 12.9. The van der Waals surface area contributed by atoms with Crippen molar-refractivity contribution in [2.45, 2.75) is 6.29 Å². The monoisotopic (exact) mass is 361 g/mol. The molecule has 0 aromatic heterocycles. The van der Waals surface area contributed by atoms with Crippen LogP contribution in [0.5, 0.6) is 11.5 Å². The maximum atomic E-state index is 13.1. The summed E-state index contributed by atoms with van der Waals surface area (Å²) in [7, 11) is 0. The van der Waals surface area contributed by atoms with E-state index >= 15 is 0 Å². The van der Waals surface area contributed by atoms with Gasteiger partial charge in [-0.25, -0.2) is 4.79 Å². The van der Waals surface area contributed by atoms with E-state index in [-0.39, 0.29) is 28.8 Å². The molecule has 0 saturated heterocycles. The highest BCUT2D eigenvalue weighted by Gasteiger charge is 2.43. The number of aromatic carboxylic acids is 1. The number of benzene rings is 2. The number of carbonyl (C=O) groups is 1. The van der Waals surface area contributed by atoms with Crippen LogP contribution in [0.15, 0.2) is 52.6 Å². The van der Waals surface area contributed by atoms with Crippen LogP contribution >= 0.6 is 0 Å². The smallest absolute Gasteiger partial charge is 0.478 e. The van der Waals surface area contributed by atoms with Crippen LogP contribution in [0.2, 0.25) is 0 Å². The first-order valence-electron chi connectivity index (χ1n) is 7.23. The highest BCUT2D eigenvalue weighted by Crippen LogP contribution is 2.41. The number of hydrogen-bond donors (Lipinski definition) is 2. The maximum absolute atomic E-state index is 13.1. The van der Waals surface area contributed by atoms with Gasteiger partial charge < -0.3 is 19.4 Å². The van der Waals surface area contributed by atoms with Gasteiger partial charge in [0, 0.05) is 11.1 Å². The molecular weight excluding hydrogens is 352 g/mol. The molecule has 0 amide bonds. The second-order valence-corrected chi connectivity index (χ2v) is 5.26. The van der Waals surface area contributed by atoms with Crippen LogP contribution in [0.25, 0.3) is 0 Å². The number of carboxylic acids is 1. The zero-order valence-electron chi connectivity index (χ0n) is 12.8. The van der Waals surface area contributed by atoms with Gasteiger partial charge in [0.15, 0.2) is 17.3 Å². The molecule has 8 nitrogen and oxygen atoms in total. The minimum Gasteiger partial charge on any atom is -0.478 e. The zero-order valence-corrected chi connectivity index (χ0v) is 12.8. The number of hydrogen-bond acceptors (Lipinski definition) is 7. The first kappa shape index (κ1) is 15.8. The third kappa shape index (κ3) is 2.88. The van der Waals surface area contributed by atoms with Crippen molar-refractivity contribution < 1.29 is 33.0 Å². The van der Waals surface area contributed by atoms with Gasteiger partial charge in [0.05, 0.1) is 5.56 Å². The van der Waals surface area contributed by atoms with E-state index in [1.165, 1.54) is 30.3 Å². The number of amidine groups is 1. The fourth-order valence-electron chi connectivity index (χ4n) is 2.38. The SMILES string of the molecule is O=C(O)c1cccc(C2=NNOC(c3ccc4c(c3)OC(F)(F)O4)=N2)c1. The van der Waals surface area contributed by atoms with Crippen molar-refractivity contribution in [1.82, 2.24) is 5.59 Å². The molecule has 2 aromatic carbocycles. The lowest BCUT2D eigenvalue weighted by atomic mass is 10.1. The van der Waals surface area contributed by atoms with E-state index in [9.17, 15) is 13.6 Å². The first-order chi connectivity index (χ1) is 12.4. The highest BCUT2D eigenvalue weighted by molar-refractivity contribution is 6.10. The molecule has 132 valence electrons. The minimum absolute atomic E-state index is 0.0392. The van der Waals surface area contributed by atoms with E-state index in [0.29, 0.717) is 11.1 Å².